The van der Waals surface area contributed by atoms with Crippen molar-refractivity contribution in [1.82, 2.24) is 10.1 Å². The number of carbonyl (C=O) groups excluding carboxylic acids is 1. The van der Waals surface area contributed by atoms with Crippen molar-refractivity contribution < 1.29 is 19.2 Å². The number of carboxylic acids is 1. The quantitative estimate of drug-likeness (QED) is 0.919. The molecule has 0 unspecified atom stereocenters. The minimum Gasteiger partial charge on any atom is -0.481 e. The van der Waals surface area contributed by atoms with Crippen molar-refractivity contribution in [2.75, 3.05) is 6.54 Å². The first-order valence-electron chi connectivity index (χ1n) is 7.74. The molecule has 1 N–H and O–H groups in total. The molecular weight excluding hydrogens is 332 g/mol. The van der Waals surface area contributed by atoms with Crippen molar-refractivity contribution in [2.45, 2.75) is 25.8 Å². The number of nitrogens with zero attached hydrogens (tertiary/aromatic N) is 2. The summed E-state index contributed by atoms with van der Waals surface area (Å²) in [4.78, 5) is 25.5. The van der Waals surface area contributed by atoms with Crippen LogP contribution in [-0.4, -0.2) is 39.6 Å². The van der Waals surface area contributed by atoms with Crippen molar-refractivity contribution in [3.63, 3.8) is 0 Å². The number of amides is 1. The van der Waals surface area contributed by atoms with Crippen LogP contribution in [0.15, 0.2) is 34.9 Å². The van der Waals surface area contributed by atoms with E-state index >= 15 is 0 Å². The third kappa shape index (κ3) is 3.14. The van der Waals surface area contributed by atoms with Crippen LogP contribution in [0.2, 0.25) is 5.02 Å². The number of likely N-dealkylation sites (tertiary alicyclic amines) is 1. The second-order valence-electron chi connectivity index (χ2n) is 5.91. The molecule has 0 bridgehead atoms. The molecule has 2 aromatic rings. The summed E-state index contributed by atoms with van der Waals surface area (Å²) in [5.41, 5.74) is 1.26. The Bertz CT molecular complexity index is 773. The van der Waals surface area contributed by atoms with Gasteiger partial charge in [-0.3, -0.25) is 9.59 Å². The van der Waals surface area contributed by atoms with E-state index in [1.165, 1.54) is 0 Å². The molecule has 126 valence electrons. The molecule has 1 aromatic heterocycles. The summed E-state index contributed by atoms with van der Waals surface area (Å²) >= 11 is 5.96. The van der Waals surface area contributed by atoms with Gasteiger partial charge in [-0.15, -0.1) is 0 Å². The maximum absolute atomic E-state index is 12.7. The SMILES string of the molecule is C[C@@H]1[C@H](C(=O)O)CCCN1C(=O)c1cc(-c2cccc(Cl)c2)no1. The fourth-order valence-corrected chi connectivity index (χ4v) is 3.25. The third-order valence-electron chi connectivity index (χ3n) is 4.41. The fraction of sp³-hybridized carbons (Fsp3) is 0.353. The first kappa shape index (κ1) is 16.5. The molecular formula is C17H17ClN2O4. The summed E-state index contributed by atoms with van der Waals surface area (Å²) in [5, 5.41) is 13.8. The monoisotopic (exact) mass is 348 g/mol. The Morgan fingerprint density at radius 1 is 1.38 bits per heavy atom. The van der Waals surface area contributed by atoms with Gasteiger partial charge in [0.05, 0.1) is 5.92 Å². The molecule has 3 rings (SSSR count). The summed E-state index contributed by atoms with van der Waals surface area (Å²) in [7, 11) is 0. The Hall–Kier alpha value is -2.34. The molecule has 1 fully saturated rings. The Morgan fingerprint density at radius 2 is 2.17 bits per heavy atom. The van der Waals surface area contributed by atoms with Gasteiger partial charge in [0, 0.05) is 29.2 Å². The minimum absolute atomic E-state index is 0.0999. The molecule has 1 aromatic carbocycles. The van der Waals surface area contributed by atoms with Gasteiger partial charge in [0.1, 0.15) is 5.69 Å². The van der Waals surface area contributed by atoms with E-state index in [1.807, 2.05) is 6.07 Å². The molecule has 2 heterocycles. The number of carboxylic acid groups (broad SMARTS) is 1. The zero-order valence-corrected chi connectivity index (χ0v) is 13.9. The summed E-state index contributed by atoms with van der Waals surface area (Å²) in [6.45, 7) is 2.26. The van der Waals surface area contributed by atoms with Gasteiger partial charge in [0.2, 0.25) is 5.76 Å². The normalized spacial score (nSPS) is 20.8. The van der Waals surface area contributed by atoms with Crippen molar-refractivity contribution in [1.29, 1.82) is 0 Å². The molecule has 1 saturated heterocycles. The lowest BCUT2D eigenvalue weighted by molar-refractivity contribution is -0.145. The molecule has 1 amide bonds. The first-order chi connectivity index (χ1) is 11.5. The van der Waals surface area contributed by atoms with Gasteiger partial charge in [-0.05, 0) is 31.9 Å². The first-order valence-corrected chi connectivity index (χ1v) is 8.11. The van der Waals surface area contributed by atoms with E-state index in [0.717, 1.165) is 5.56 Å². The number of halogens is 1. The number of carbonyl (C=O) groups is 2. The number of hydrogen-bond acceptors (Lipinski definition) is 4. The van der Waals surface area contributed by atoms with E-state index in [-0.39, 0.29) is 17.7 Å². The third-order valence-corrected chi connectivity index (χ3v) is 4.64. The molecule has 0 radical (unpaired) electrons. The highest BCUT2D eigenvalue weighted by Crippen LogP contribution is 2.27. The molecule has 0 aliphatic carbocycles. The second-order valence-corrected chi connectivity index (χ2v) is 6.35. The van der Waals surface area contributed by atoms with Crippen LogP contribution >= 0.6 is 11.6 Å². The number of piperidine rings is 1. The van der Waals surface area contributed by atoms with E-state index in [1.54, 1.807) is 36.1 Å². The Morgan fingerprint density at radius 3 is 2.88 bits per heavy atom. The molecule has 6 nitrogen and oxygen atoms in total. The minimum atomic E-state index is -0.878. The van der Waals surface area contributed by atoms with Gasteiger partial charge < -0.3 is 14.5 Å². The van der Waals surface area contributed by atoms with Gasteiger partial charge in [0.15, 0.2) is 0 Å². The van der Waals surface area contributed by atoms with E-state index < -0.39 is 11.9 Å². The van der Waals surface area contributed by atoms with E-state index in [0.29, 0.717) is 30.1 Å². The molecule has 1 aliphatic heterocycles. The van der Waals surface area contributed by atoms with Crippen molar-refractivity contribution in [3.8, 4) is 11.3 Å². The maximum atomic E-state index is 12.7. The topological polar surface area (TPSA) is 83.6 Å². The van der Waals surface area contributed by atoms with E-state index in [4.69, 9.17) is 16.1 Å². The van der Waals surface area contributed by atoms with Crippen LogP contribution in [-0.2, 0) is 4.79 Å². The number of hydrogen-bond donors (Lipinski definition) is 1. The van der Waals surface area contributed by atoms with Crippen LogP contribution in [0.1, 0.15) is 30.3 Å². The standard InChI is InChI=1S/C17H17ClN2O4/c1-10-13(17(22)23)6-3-7-20(10)16(21)15-9-14(19-24-15)11-4-2-5-12(18)8-11/h2,4-5,8-10,13H,3,6-7H2,1H3,(H,22,23)/t10-,13-/m1/s1. The predicted molar refractivity (Wildman–Crippen MR) is 87.8 cm³/mol. The van der Waals surface area contributed by atoms with Crippen molar-refractivity contribution in [3.05, 3.63) is 41.1 Å². The van der Waals surface area contributed by atoms with Gasteiger partial charge >= 0.3 is 5.97 Å². The lowest BCUT2D eigenvalue weighted by Crippen LogP contribution is -2.49. The van der Waals surface area contributed by atoms with Crippen LogP contribution in [0.5, 0.6) is 0 Å². The fourth-order valence-electron chi connectivity index (χ4n) is 3.06. The average Bonchev–Trinajstić information content (AvgIpc) is 3.04. The Kier molecular flexibility index (Phi) is 4.57. The molecule has 0 spiro atoms. The molecule has 7 heteroatoms. The van der Waals surface area contributed by atoms with Gasteiger partial charge in [-0.2, -0.15) is 0 Å². The van der Waals surface area contributed by atoms with Gasteiger partial charge in [0.25, 0.3) is 5.91 Å². The molecule has 0 saturated carbocycles. The summed E-state index contributed by atoms with van der Waals surface area (Å²) in [6.07, 6.45) is 1.23. The predicted octanol–water partition coefficient (Wildman–Crippen LogP) is 3.32. The zero-order chi connectivity index (χ0) is 17.3. The zero-order valence-electron chi connectivity index (χ0n) is 13.1. The smallest absolute Gasteiger partial charge is 0.308 e. The van der Waals surface area contributed by atoms with E-state index in [9.17, 15) is 14.7 Å². The van der Waals surface area contributed by atoms with Crippen LogP contribution in [0.25, 0.3) is 11.3 Å². The Balaban J connectivity index is 1.82. The highest BCUT2D eigenvalue weighted by atomic mass is 35.5. The second kappa shape index (κ2) is 6.65. The lowest BCUT2D eigenvalue weighted by atomic mass is 9.90. The summed E-state index contributed by atoms with van der Waals surface area (Å²) in [6, 6.07) is 8.27. The Labute approximate surface area is 144 Å². The van der Waals surface area contributed by atoms with Crippen LogP contribution in [0.3, 0.4) is 0 Å². The van der Waals surface area contributed by atoms with Crippen molar-refractivity contribution >= 4 is 23.5 Å². The maximum Gasteiger partial charge on any atom is 0.308 e. The molecule has 2 atom stereocenters. The van der Waals surface area contributed by atoms with Crippen LogP contribution < -0.4 is 0 Å². The van der Waals surface area contributed by atoms with E-state index in [2.05, 4.69) is 5.16 Å². The van der Waals surface area contributed by atoms with Crippen molar-refractivity contribution in [2.24, 2.45) is 5.92 Å². The molecule has 1 aliphatic rings. The highest BCUT2D eigenvalue weighted by molar-refractivity contribution is 6.30. The highest BCUT2D eigenvalue weighted by Gasteiger charge is 2.36. The number of rotatable bonds is 3. The summed E-state index contributed by atoms with van der Waals surface area (Å²) < 4.78 is 5.19. The van der Waals surface area contributed by atoms with Gasteiger partial charge in [-0.25, -0.2) is 0 Å². The van der Waals surface area contributed by atoms with Crippen LogP contribution in [0.4, 0.5) is 0 Å². The lowest BCUT2D eigenvalue weighted by Gasteiger charge is -2.36. The number of aromatic nitrogens is 1. The van der Waals surface area contributed by atoms with Gasteiger partial charge in [-0.1, -0.05) is 28.9 Å². The number of benzene rings is 1. The largest absolute Gasteiger partial charge is 0.481 e. The number of aliphatic carboxylic acids is 1. The molecule has 24 heavy (non-hydrogen) atoms. The van der Waals surface area contributed by atoms with Crippen LogP contribution in [0, 0.1) is 5.92 Å². The average molecular weight is 349 g/mol. The summed E-state index contributed by atoms with van der Waals surface area (Å²) in [5.74, 6) is -1.67.